The summed E-state index contributed by atoms with van der Waals surface area (Å²) in [5, 5.41) is 37.0. The summed E-state index contributed by atoms with van der Waals surface area (Å²) in [6.45, 7) is 13.0. The van der Waals surface area contributed by atoms with Crippen molar-refractivity contribution < 1.29 is 43.9 Å². The molecule has 0 aliphatic carbocycles. The van der Waals surface area contributed by atoms with Gasteiger partial charge in [-0.1, -0.05) is 51.1 Å². The zero-order chi connectivity index (χ0) is 36.4. The molecule has 3 heterocycles. The Morgan fingerprint density at radius 3 is 2.63 bits per heavy atom. The molecular formula is C38H58N2O9. The number of pyridine rings is 1. The van der Waals surface area contributed by atoms with Gasteiger partial charge in [-0.15, -0.1) is 0 Å². The van der Waals surface area contributed by atoms with Crippen LogP contribution in [0.5, 0.6) is 0 Å². The van der Waals surface area contributed by atoms with Crippen molar-refractivity contribution in [1.82, 2.24) is 10.3 Å². The molecular weight excluding hydrogens is 628 g/mol. The maximum atomic E-state index is 12.9. The minimum Gasteiger partial charge on any atom is -0.457 e. The predicted molar refractivity (Wildman–Crippen MR) is 186 cm³/mol. The summed E-state index contributed by atoms with van der Waals surface area (Å²) in [7, 11) is 1.71. The molecule has 0 amide bonds. The third-order valence-corrected chi connectivity index (χ3v) is 9.66. The second kappa shape index (κ2) is 18.3. The lowest BCUT2D eigenvalue weighted by Gasteiger charge is -2.32. The number of methoxy groups -OCH3 is 1. The molecule has 4 N–H and O–H groups in total. The van der Waals surface area contributed by atoms with Gasteiger partial charge in [0.2, 0.25) is 0 Å². The van der Waals surface area contributed by atoms with Crippen molar-refractivity contribution in [3.63, 3.8) is 0 Å². The van der Waals surface area contributed by atoms with Crippen LogP contribution in [0, 0.1) is 11.8 Å². The van der Waals surface area contributed by atoms with Crippen molar-refractivity contribution in [2.75, 3.05) is 13.7 Å². The van der Waals surface area contributed by atoms with Gasteiger partial charge >= 0.3 is 11.9 Å². The highest BCUT2D eigenvalue weighted by molar-refractivity contribution is 5.70. The van der Waals surface area contributed by atoms with Crippen LogP contribution in [0.1, 0.15) is 79.8 Å². The van der Waals surface area contributed by atoms with E-state index in [9.17, 15) is 24.9 Å². The molecule has 11 heteroatoms. The predicted octanol–water partition coefficient (Wildman–Crippen LogP) is 4.00. The van der Waals surface area contributed by atoms with Crippen LogP contribution in [-0.2, 0) is 35.0 Å². The van der Waals surface area contributed by atoms with Crippen molar-refractivity contribution in [2.45, 2.75) is 134 Å². The monoisotopic (exact) mass is 686 g/mol. The first-order valence-electron chi connectivity index (χ1n) is 17.4. The number of ether oxygens (including phenoxy) is 4. The zero-order valence-corrected chi connectivity index (χ0v) is 30.4. The summed E-state index contributed by atoms with van der Waals surface area (Å²) in [5.74, 6) is -1.36. The van der Waals surface area contributed by atoms with Gasteiger partial charge in [0.05, 0.1) is 36.4 Å². The number of aliphatic hydroxyl groups excluding tert-OH is 1. The molecule has 2 aliphatic heterocycles. The van der Waals surface area contributed by atoms with Crippen LogP contribution in [0.3, 0.4) is 0 Å². The third kappa shape index (κ3) is 12.1. The standard InChI is InChI=1S/C38H58N2O9/c1-9-30(46-8)26(4)34-35(49-34)36(40-22-18-28-14-10-11-21-39-28)38(7,45)19-12-13-24(2)33-25(3)15-16-31(47-27(5)41)37(6,44)20-17-29(42)23-32(43)48-33/h10-16,19,21,25-26,29-31,33-36,40,42,44-45H,9,17-18,20,22-23H2,1-8H3/t25-,26+,29+,30-,31-,33?,34+,35-,36?,37+,38?/m0/s1. The Morgan fingerprint density at radius 1 is 1.27 bits per heavy atom. The molecule has 0 spiro atoms. The van der Waals surface area contributed by atoms with Crippen LogP contribution < -0.4 is 5.32 Å². The van der Waals surface area contributed by atoms with Crippen LogP contribution in [0.2, 0.25) is 0 Å². The average Bonchev–Trinajstić information content (AvgIpc) is 3.83. The number of esters is 2. The molecule has 0 saturated carbocycles. The fourth-order valence-electron chi connectivity index (χ4n) is 6.57. The van der Waals surface area contributed by atoms with Gasteiger partial charge in [0, 0.05) is 50.7 Å². The highest BCUT2D eigenvalue weighted by Gasteiger charge is 2.54. The van der Waals surface area contributed by atoms with Crippen LogP contribution in [0.25, 0.3) is 0 Å². The highest BCUT2D eigenvalue weighted by atomic mass is 16.6. The molecule has 11 nitrogen and oxygen atoms in total. The molecule has 274 valence electrons. The molecule has 3 unspecified atom stereocenters. The Hall–Kier alpha value is -2.93. The van der Waals surface area contributed by atoms with Crippen LogP contribution >= 0.6 is 0 Å². The maximum absolute atomic E-state index is 12.9. The van der Waals surface area contributed by atoms with E-state index in [2.05, 4.69) is 24.1 Å². The largest absolute Gasteiger partial charge is 0.457 e. The van der Waals surface area contributed by atoms with E-state index in [-0.39, 0.29) is 49.4 Å². The summed E-state index contributed by atoms with van der Waals surface area (Å²) >= 11 is 0. The zero-order valence-electron chi connectivity index (χ0n) is 30.4. The summed E-state index contributed by atoms with van der Waals surface area (Å²) in [4.78, 5) is 29.1. The smallest absolute Gasteiger partial charge is 0.309 e. The molecule has 1 saturated heterocycles. The Morgan fingerprint density at radius 2 is 2.00 bits per heavy atom. The minimum absolute atomic E-state index is 0.0384. The molecule has 1 aromatic rings. The van der Waals surface area contributed by atoms with Crippen molar-refractivity contribution >= 4 is 11.9 Å². The Balaban J connectivity index is 1.84. The van der Waals surface area contributed by atoms with Crippen LogP contribution in [-0.4, -0.2) is 99.8 Å². The molecule has 2 aliphatic rings. The van der Waals surface area contributed by atoms with Gasteiger partial charge in [-0.05, 0) is 63.8 Å². The third-order valence-electron chi connectivity index (χ3n) is 9.66. The van der Waals surface area contributed by atoms with Gasteiger partial charge in [-0.3, -0.25) is 14.6 Å². The molecule has 1 aromatic heterocycles. The lowest BCUT2D eigenvalue weighted by Crippen LogP contribution is -2.52. The van der Waals surface area contributed by atoms with Gasteiger partial charge in [-0.25, -0.2) is 0 Å². The lowest BCUT2D eigenvalue weighted by molar-refractivity contribution is -0.157. The normalized spacial score (nSPS) is 31.5. The van der Waals surface area contributed by atoms with E-state index in [1.807, 2.05) is 32.0 Å². The molecule has 0 bridgehead atoms. The number of carbonyl (C=O) groups is 2. The van der Waals surface area contributed by atoms with E-state index in [4.69, 9.17) is 18.9 Å². The van der Waals surface area contributed by atoms with E-state index >= 15 is 0 Å². The number of hydrogen-bond acceptors (Lipinski definition) is 11. The van der Waals surface area contributed by atoms with Crippen molar-refractivity contribution in [1.29, 1.82) is 0 Å². The summed E-state index contributed by atoms with van der Waals surface area (Å²) in [6.07, 6.45) is 8.89. The van der Waals surface area contributed by atoms with E-state index in [0.29, 0.717) is 18.5 Å². The lowest BCUT2D eigenvalue weighted by atomic mass is 9.87. The van der Waals surface area contributed by atoms with E-state index < -0.39 is 47.5 Å². The Kier molecular flexibility index (Phi) is 15.2. The van der Waals surface area contributed by atoms with Crippen LogP contribution in [0.4, 0.5) is 0 Å². The second-order valence-corrected chi connectivity index (χ2v) is 14.0. The van der Waals surface area contributed by atoms with E-state index in [1.165, 1.54) is 6.92 Å². The maximum Gasteiger partial charge on any atom is 0.309 e. The molecule has 3 rings (SSSR count). The first-order valence-corrected chi connectivity index (χ1v) is 17.4. The number of rotatable bonds is 14. The molecule has 0 radical (unpaired) electrons. The Bertz CT molecular complexity index is 1290. The molecule has 49 heavy (non-hydrogen) atoms. The van der Waals surface area contributed by atoms with Gasteiger partial charge < -0.3 is 39.6 Å². The number of hydrogen-bond donors (Lipinski definition) is 4. The number of carbonyl (C=O) groups excluding carboxylic acids is 2. The SMILES string of the molecule is CC[C@H](OC)[C@@H](C)[C@H]1O[C@@H]1C(NCCc1ccccn1)C(C)(O)C=CC=C(C)C1OC(=O)C[C@H](O)CC[C@@](C)(O)[C@@H](OC(C)=O)C=C[C@@H]1C. The van der Waals surface area contributed by atoms with Crippen LogP contribution in [0.15, 0.2) is 60.3 Å². The number of aromatic nitrogens is 1. The fourth-order valence-corrected chi connectivity index (χ4v) is 6.57. The second-order valence-electron chi connectivity index (χ2n) is 14.0. The molecule has 0 aromatic carbocycles. The minimum atomic E-state index is -1.45. The summed E-state index contributed by atoms with van der Waals surface area (Å²) < 4.78 is 23.1. The van der Waals surface area contributed by atoms with Crippen molar-refractivity contribution in [3.05, 3.63) is 66.0 Å². The van der Waals surface area contributed by atoms with Gasteiger partial charge in [-0.2, -0.15) is 0 Å². The fraction of sp³-hybridized carbons (Fsp3) is 0.658. The first kappa shape index (κ1) is 40.5. The summed E-state index contributed by atoms with van der Waals surface area (Å²) in [5.41, 5.74) is -1.14. The highest BCUT2D eigenvalue weighted by Crippen LogP contribution is 2.39. The number of epoxide rings is 1. The number of nitrogens with one attached hydrogen (secondary N) is 1. The van der Waals surface area contributed by atoms with E-state index in [1.54, 1.807) is 57.5 Å². The van der Waals surface area contributed by atoms with Gasteiger partial charge in [0.1, 0.15) is 23.9 Å². The molecule has 1 fully saturated rings. The topological polar surface area (TPSA) is 160 Å². The average molecular weight is 687 g/mol. The number of nitrogens with zero attached hydrogens (tertiary/aromatic N) is 1. The molecule has 11 atom stereocenters. The van der Waals surface area contributed by atoms with Crippen molar-refractivity contribution in [2.24, 2.45) is 11.8 Å². The van der Waals surface area contributed by atoms with E-state index in [0.717, 1.165) is 12.1 Å². The number of cyclic esters (lactones) is 1. The van der Waals surface area contributed by atoms with Crippen molar-refractivity contribution in [3.8, 4) is 0 Å². The van der Waals surface area contributed by atoms with Gasteiger partial charge in [0.15, 0.2) is 0 Å². The van der Waals surface area contributed by atoms with Gasteiger partial charge in [0.25, 0.3) is 0 Å². The number of aliphatic hydroxyl groups is 3. The number of allylic oxidation sites excluding steroid dienone is 2. The quantitative estimate of drug-likeness (QED) is 0.0970. The first-order chi connectivity index (χ1) is 23.1. The Labute approximate surface area is 291 Å². The summed E-state index contributed by atoms with van der Waals surface area (Å²) in [6, 6.07) is 5.36.